The van der Waals surface area contributed by atoms with Crippen molar-refractivity contribution in [1.29, 1.82) is 0 Å². The lowest BCUT2D eigenvalue weighted by atomic mass is 9.93. The van der Waals surface area contributed by atoms with Gasteiger partial charge in [0.25, 0.3) is 0 Å². The molecule has 0 heterocycles. The van der Waals surface area contributed by atoms with Crippen molar-refractivity contribution in [2.75, 3.05) is 6.61 Å². The molecule has 112 valence electrons. The molecule has 0 radical (unpaired) electrons. The summed E-state index contributed by atoms with van der Waals surface area (Å²) in [5.41, 5.74) is 2.57. The zero-order chi connectivity index (χ0) is 15.1. The molecule has 1 aromatic rings. The lowest BCUT2D eigenvalue weighted by Crippen LogP contribution is -2.06. The van der Waals surface area contributed by atoms with Gasteiger partial charge in [-0.1, -0.05) is 39.8 Å². The molecule has 1 atom stereocenters. The maximum atomic E-state index is 11.2. The Hall–Kier alpha value is -1.31. The summed E-state index contributed by atoms with van der Waals surface area (Å²) >= 11 is 0. The van der Waals surface area contributed by atoms with Crippen LogP contribution < -0.4 is 4.74 Å². The van der Waals surface area contributed by atoms with Crippen LogP contribution in [0.15, 0.2) is 18.2 Å². The van der Waals surface area contributed by atoms with Crippen molar-refractivity contribution in [2.24, 2.45) is 5.92 Å². The Morgan fingerprint density at radius 2 is 1.95 bits per heavy atom. The first kappa shape index (κ1) is 16.7. The number of rotatable bonds is 8. The van der Waals surface area contributed by atoms with Crippen LogP contribution in [0.25, 0.3) is 0 Å². The average Bonchev–Trinajstić information content (AvgIpc) is 2.35. The maximum absolute atomic E-state index is 11.2. The Labute approximate surface area is 123 Å². The van der Waals surface area contributed by atoms with Gasteiger partial charge in [-0.05, 0) is 48.8 Å². The van der Waals surface area contributed by atoms with E-state index in [4.69, 9.17) is 4.74 Å². The normalized spacial score (nSPS) is 12.5. The van der Waals surface area contributed by atoms with Crippen LogP contribution in [0.4, 0.5) is 0 Å². The van der Waals surface area contributed by atoms with E-state index in [1.165, 1.54) is 11.1 Å². The van der Waals surface area contributed by atoms with E-state index in [-0.39, 0.29) is 5.78 Å². The summed E-state index contributed by atoms with van der Waals surface area (Å²) in [7, 11) is 0. The fourth-order valence-electron chi connectivity index (χ4n) is 2.48. The van der Waals surface area contributed by atoms with Crippen LogP contribution in [0.1, 0.15) is 64.5 Å². The number of ether oxygens (including phenoxy) is 1. The molecular formula is C18H28O2. The first-order valence-electron chi connectivity index (χ1n) is 7.69. The van der Waals surface area contributed by atoms with Crippen LogP contribution >= 0.6 is 0 Å². The summed E-state index contributed by atoms with van der Waals surface area (Å²) in [5.74, 6) is 2.12. The van der Waals surface area contributed by atoms with E-state index in [1.807, 2.05) is 0 Å². The summed E-state index contributed by atoms with van der Waals surface area (Å²) in [6.45, 7) is 11.1. The molecule has 0 bridgehead atoms. The van der Waals surface area contributed by atoms with Gasteiger partial charge in [0.15, 0.2) is 0 Å². The van der Waals surface area contributed by atoms with Gasteiger partial charge in [-0.25, -0.2) is 0 Å². The quantitative estimate of drug-likeness (QED) is 0.684. The number of hydrogen-bond donors (Lipinski definition) is 0. The summed E-state index contributed by atoms with van der Waals surface area (Å²) in [5, 5.41) is 0. The van der Waals surface area contributed by atoms with E-state index < -0.39 is 0 Å². The predicted molar refractivity (Wildman–Crippen MR) is 84.5 cm³/mol. The molecule has 1 unspecified atom stereocenters. The monoisotopic (exact) mass is 276 g/mol. The van der Waals surface area contributed by atoms with Gasteiger partial charge in [0.2, 0.25) is 0 Å². The van der Waals surface area contributed by atoms with E-state index in [1.54, 1.807) is 6.92 Å². The Morgan fingerprint density at radius 3 is 2.50 bits per heavy atom. The number of benzene rings is 1. The van der Waals surface area contributed by atoms with Gasteiger partial charge < -0.3 is 9.53 Å². The van der Waals surface area contributed by atoms with E-state index in [9.17, 15) is 4.79 Å². The topological polar surface area (TPSA) is 26.3 Å². The van der Waals surface area contributed by atoms with Crippen LogP contribution in [0.5, 0.6) is 5.75 Å². The van der Waals surface area contributed by atoms with E-state index in [2.05, 4.69) is 45.9 Å². The standard InChI is InChI=1S/C18H28O2/c1-6-9-20-18-8-7-16(12-17(18)13(2)3)11-14(4)10-15(5)19/h7-8,12-14H,6,9-11H2,1-5H3. The third kappa shape index (κ3) is 5.36. The minimum Gasteiger partial charge on any atom is -0.493 e. The van der Waals surface area contributed by atoms with Gasteiger partial charge in [0.05, 0.1) is 6.61 Å². The van der Waals surface area contributed by atoms with E-state index in [0.717, 1.165) is 25.2 Å². The third-order valence-electron chi connectivity index (χ3n) is 3.38. The van der Waals surface area contributed by atoms with Gasteiger partial charge >= 0.3 is 0 Å². The number of carbonyl (C=O) groups is 1. The third-order valence-corrected chi connectivity index (χ3v) is 3.38. The van der Waals surface area contributed by atoms with Crippen LogP contribution in [0, 0.1) is 5.92 Å². The summed E-state index contributed by atoms with van der Waals surface area (Å²) in [4.78, 5) is 11.2. The highest BCUT2D eigenvalue weighted by Gasteiger charge is 2.12. The highest BCUT2D eigenvalue weighted by atomic mass is 16.5. The molecule has 0 spiro atoms. The Bertz CT molecular complexity index is 435. The van der Waals surface area contributed by atoms with Gasteiger partial charge in [-0.2, -0.15) is 0 Å². The summed E-state index contributed by atoms with van der Waals surface area (Å²) in [6, 6.07) is 6.46. The second kappa shape index (κ2) is 8.08. The number of carbonyl (C=O) groups excluding carboxylic acids is 1. The van der Waals surface area contributed by atoms with Crippen molar-refractivity contribution in [1.82, 2.24) is 0 Å². The fraction of sp³-hybridized carbons (Fsp3) is 0.611. The lowest BCUT2D eigenvalue weighted by Gasteiger charge is -2.17. The van der Waals surface area contributed by atoms with E-state index in [0.29, 0.717) is 18.3 Å². The van der Waals surface area contributed by atoms with Gasteiger partial charge in [0, 0.05) is 6.42 Å². The largest absolute Gasteiger partial charge is 0.493 e. The van der Waals surface area contributed by atoms with Crippen molar-refractivity contribution in [3.63, 3.8) is 0 Å². The van der Waals surface area contributed by atoms with E-state index >= 15 is 0 Å². The maximum Gasteiger partial charge on any atom is 0.130 e. The molecule has 1 rings (SSSR count). The molecule has 0 saturated heterocycles. The highest BCUT2D eigenvalue weighted by molar-refractivity contribution is 5.75. The first-order valence-corrected chi connectivity index (χ1v) is 7.69. The summed E-state index contributed by atoms with van der Waals surface area (Å²) in [6.07, 6.45) is 2.63. The molecule has 1 aromatic carbocycles. The minimum absolute atomic E-state index is 0.268. The molecule has 0 aliphatic heterocycles. The molecule has 0 amide bonds. The molecule has 0 aromatic heterocycles. The minimum atomic E-state index is 0.268. The second-order valence-corrected chi connectivity index (χ2v) is 6.09. The molecule has 0 N–H and O–H groups in total. The molecule has 0 aliphatic carbocycles. The van der Waals surface area contributed by atoms with Crippen molar-refractivity contribution in [3.05, 3.63) is 29.3 Å². The smallest absolute Gasteiger partial charge is 0.130 e. The second-order valence-electron chi connectivity index (χ2n) is 6.09. The molecule has 0 fully saturated rings. The zero-order valence-electron chi connectivity index (χ0n) is 13.5. The Balaban J connectivity index is 2.84. The van der Waals surface area contributed by atoms with Gasteiger partial charge in [-0.3, -0.25) is 0 Å². The first-order chi connectivity index (χ1) is 9.43. The lowest BCUT2D eigenvalue weighted by molar-refractivity contribution is -0.117. The predicted octanol–water partition coefficient (Wildman–Crippen LogP) is 4.76. The van der Waals surface area contributed by atoms with Crippen LogP contribution in [0.3, 0.4) is 0 Å². The van der Waals surface area contributed by atoms with Crippen molar-refractivity contribution < 1.29 is 9.53 Å². The molecule has 2 heteroatoms. The number of ketones is 1. The molecule has 0 saturated carbocycles. The highest BCUT2D eigenvalue weighted by Crippen LogP contribution is 2.29. The molecular weight excluding hydrogens is 248 g/mol. The fourth-order valence-corrected chi connectivity index (χ4v) is 2.48. The van der Waals surface area contributed by atoms with Crippen molar-refractivity contribution in [2.45, 2.75) is 59.8 Å². The van der Waals surface area contributed by atoms with Gasteiger partial charge in [-0.15, -0.1) is 0 Å². The average molecular weight is 276 g/mol. The van der Waals surface area contributed by atoms with Crippen molar-refractivity contribution >= 4 is 5.78 Å². The zero-order valence-corrected chi connectivity index (χ0v) is 13.5. The molecule has 2 nitrogen and oxygen atoms in total. The Kier molecular flexibility index (Phi) is 6.77. The Morgan fingerprint density at radius 1 is 1.25 bits per heavy atom. The molecule has 20 heavy (non-hydrogen) atoms. The summed E-state index contributed by atoms with van der Waals surface area (Å²) < 4.78 is 5.82. The number of hydrogen-bond acceptors (Lipinski definition) is 2. The van der Waals surface area contributed by atoms with Gasteiger partial charge in [0.1, 0.15) is 11.5 Å². The number of Topliss-reactive ketones (excluding diaryl/α,β-unsaturated/α-hetero) is 1. The molecule has 0 aliphatic rings. The van der Waals surface area contributed by atoms with Crippen LogP contribution in [-0.2, 0) is 11.2 Å². The SMILES string of the molecule is CCCOc1ccc(CC(C)CC(C)=O)cc1C(C)C. The van der Waals surface area contributed by atoms with Crippen LogP contribution in [0.2, 0.25) is 0 Å². The van der Waals surface area contributed by atoms with Crippen molar-refractivity contribution in [3.8, 4) is 5.75 Å². The van der Waals surface area contributed by atoms with Crippen LogP contribution in [-0.4, -0.2) is 12.4 Å².